The SMILES string of the molecule is CCC(C)c1ccc(NC(=O)/C=C/c2ccc(Cl)cc2Cl)cc1. The number of nitrogens with one attached hydrogen (secondary N) is 1. The van der Waals surface area contributed by atoms with E-state index in [9.17, 15) is 4.79 Å². The van der Waals surface area contributed by atoms with E-state index in [-0.39, 0.29) is 5.91 Å². The second kappa shape index (κ2) is 8.19. The molecule has 2 nitrogen and oxygen atoms in total. The van der Waals surface area contributed by atoms with Crippen LogP contribution in [-0.4, -0.2) is 5.91 Å². The van der Waals surface area contributed by atoms with Crippen LogP contribution in [0.15, 0.2) is 48.5 Å². The van der Waals surface area contributed by atoms with Gasteiger partial charge in [-0.05, 0) is 53.8 Å². The summed E-state index contributed by atoms with van der Waals surface area (Å²) in [7, 11) is 0. The van der Waals surface area contributed by atoms with Crippen LogP contribution < -0.4 is 5.32 Å². The van der Waals surface area contributed by atoms with Crippen LogP contribution in [0.5, 0.6) is 0 Å². The first kappa shape index (κ1) is 17.6. The molecule has 120 valence electrons. The molecule has 1 unspecified atom stereocenters. The Bertz CT molecular complexity index is 708. The van der Waals surface area contributed by atoms with Crippen LogP contribution in [0.4, 0.5) is 5.69 Å². The summed E-state index contributed by atoms with van der Waals surface area (Å²) in [5, 5.41) is 3.91. The number of benzene rings is 2. The van der Waals surface area contributed by atoms with E-state index in [4.69, 9.17) is 23.2 Å². The number of carbonyl (C=O) groups excluding carboxylic acids is 1. The molecule has 0 aliphatic carbocycles. The molecule has 4 heteroatoms. The van der Waals surface area contributed by atoms with Crippen molar-refractivity contribution in [3.05, 3.63) is 69.7 Å². The van der Waals surface area contributed by atoms with Gasteiger partial charge in [0.05, 0.1) is 0 Å². The van der Waals surface area contributed by atoms with Gasteiger partial charge in [0.15, 0.2) is 0 Å². The van der Waals surface area contributed by atoms with Gasteiger partial charge >= 0.3 is 0 Å². The van der Waals surface area contributed by atoms with E-state index in [1.807, 2.05) is 24.3 Å². The molecular formula is C19H19Cl2NO. The van der Waals surface area contributed by atoms with Crippen LogP contribution in [-0.2, 0) is 4.79 Å². The van der Waals surface area contributed by atoms with Crippen molar-refractivity contribution in [2.45, 2.75) is 26.2 Å². The first-order valence-electron chi connectivity index (χ1n) is 7.53. The highest BCUT2D eigenvalue weighted by atomic mass is 35.5. The standard InChI is InChI=1S/C19H19Cl2NO/c1-3-13(2)14-5-9-17(10-6-14)22-19(23)11-7-15-4-8-16(20)12-18(15)21/h4-13H,3H2,1-2H3,(H,22,23)/b11-7+. The van der Waals surface area contributed by atoms with Gasteiger partial charge in [-0.3, -0.25) is 4.79 Å². The number of anilines is 1. The lowest BCUT2D eigenvalue weighted by Gasteiger charge is -2.09. The Balaban J connectivity index is 2.00. The molecule has 0 saturated carbocycles. The summed E-state index contributed by atoms with van der Waals surface area (Å²) in [5.41, 5.74) is 2.79. The molecule has 0 aliphatic rings. The molecule has 0 spiro atoms. The predicted molar refractivity (Wildman–Crippen MR) is 99.3 cm³/mol. The number of carbonyl (C=O) groups is 1. The van der Waals surface area contributed by atoms with Crippen molar-refractivity contribution in [1.82, 2.24) is 0 Å². The third kappa shape index (κ3) is 5.12. The summed E-state index contributed by atoms with van der Waals surface area (Å²) < 4.78 is 0. The third-order valence-electron chi connectivity index (χ3n) is 3.74. The molecule has 1 amide bonds. The first-order chi connectivity index (χ1) is 11.0. The average Bonchev–Trinajstić information content (AvgIpc) is 2.54. The smallest absolute Gasteiger partial charge is 0.248 e. The predicted octanol–water partition coefficient (Wildman–Crippen LogP) is 6.16. The quantitative estimate of drug-likeness (QED) is 0.644. The van der Waals surface area contributed by atoms with Gasteiger partial charge in [-0.1, -0.05) is 55.2 Å². The fourth-order valence-corrected chi connectivity index (χ4v) is 2.59. The van der Waals surface area contributed by atoms with E-state index in [2.05, 4.69) is 19.2 Å². The van der Waals surface area contributed by atoms with Crippen LogP contribution in [0.2, 0.25) is 10.0 Å². The minimum absolute atomic E-state index is 0.202. The Kier molecular flexibility index (Phi) is 6.26. The number of amides is 1. The maximum absolute atomic E-state index is 12.0. The van der Waals surface area contributed by atoms with E-state index < -0.39 is 0 Å². The lowest BCUT2D eigenvalue weighted by atomic mass is 9.99. The van der Waals surface area contributed by atoms with Crippen molar-refractivity contribution in [2.75, 3.05) is 5.32 Å². The molecule has 1 N–H and O–H groups in total. The third-order valence-corrected chi connectivity index (χ3v) is 4.30. The largest absolute Gasteiger partial charge is 0.323 e. The zero-order valence-electron chi connectivity index (χ0n) is 13.1. The number of hydrogen-bond donors (Lipinski definition) is 1. The molecule has 2 aromatic carbocycles. The van der Waals surface area contributed by atoms with Gasteiger partial charge in [-0.15, -0.1) is 0 Å². The molecule has 1 atom stereocenters. The Labute approximate surface area is 147 Å². The fourth-order valence-electron chi connectivity index (χ4n) is 2.12. The van der Waals surface area contributed by atoms with Crippen LogP contribution >= 0.6 is 23.2 Å². The number of halogens is 2. The molecule has 0 bridgehead atoms. The van der Waals surface area contributed by atoms with E-state index in [0.29, 0.717) is 16.0 Å². The topological polar surface area (TPSA) is 29.1 Å². The summed E-state index contributed by atoms with van der Waals surface area (Å²) in [4.78, 5) is 12.0. The Morgan fingerprint density at radius 1 is 1.17 bits per heavy atom. The monoisotopic (exact) mass is 347 g/mol. The van der Waals surface area contributed by atoms with E-state index in [1.165, 1.54) is 11.6 Å². The molecule has 0 radical (unpaired) electrons. The van der Waals surface area contributed by atoms with E-state index in [1.54, 1.807) is 24.3 Å². The van der Waals surface area contributed by atoms with E-state index in [0.717, 1.165) is 17.7 Å². The summed E-state index contributed by atoms with van der Waals surface area (Å²) in [6.45, 7) is 4.35. The zero-order chi connectivity index (χ0) is 16.8. The van der Waals surface area contributed by atoms with E-state index >= 15 is 0 Å². The minimum Gasteiger partial charge on any atom is -0.323 e. The second-order valence-electron chi connectivity index (χ2n) is 5.42. The summed E-state index contributed by atoms with van der Waals surface area (Å²) in [6, 6.07) is 13.1. The summed E-state index contributed by atoms with van der Waals surface area (Å²) >= 11 is 11.9. The van der Waals surface area contributed by atoms with Gasteiger partial charge in [-0.25, -0.2) is 0 Å². The van der Waals surface area contributed by atoms with Crippen LogP contribution in [0.3, 0.4) is 0 Å². The molecule has 2 rings (SSSR count). The summed E-state index contributed by atoms with van der Waals surface area (Å²) in [6.07, 6.45) is 4.22. The lowest BCUT2D eigenvalue weighted by molar-refractivity contribution is -0.111. The Morgan fingerprint density at radius 2 is 1.87 bits per heavy atom. The molecule has 0 aliphatic heterocycles. The van der Waals surface area contributed by atoms with Crippen molar-refractivity contribution >= 4 is 40.9 Å². The highest BCUT2D eigenvalue weighted by molar-refractivity contribution is 6.35. The molecule has 0 aromatic heterocycles. The molecule has 2 aromatic rings. The maximum Gasteiger partial charge on any atom is 0.248 e. The zero-order valence-corrected chi connectivity index (χ0v) is 14.7. The van der Waals surface area contributed by atoms with Crippen LogP contribution in [0.25, 0.3) is 6.08 Å². The van der Waals surface area contributed by atoms with Crippen molar-refractivity contribution in [1.29, 1.82) is 0 Å². The van der Waals surface area contributed by atoms with Crippen molar-refractivity contribution in [3.63, 3.8) is 0 Å². The van der Waals surface area contributed by atoms with Crippen molar-refractivity contribution < 1.29 is 4.79 Å². The van der Waals surface area contributed by atoms with Crippen LogP contribution in [0.1, 0.15) is 37.3 Å². The van der Waals surface area contributed by atoms with Gasteiger partial charge < -0.3 is 5.32 Å². The molecule has 23 heavy (non-hydrogen) atoms. The normalized spacial score (nSPS) is 12.3. The van der Waals surface area contributed by atoms with Gasteiger partial charge in [0.1, 0.15) is 0 Å². The molecule has 0 fully saturated rings. The fraction of sp³-hybridized carbons (Fsp3) is 0.211. The van der Waals surface area contributed by atoms with Crippen molar-refractivity contribution in [2.24, 2.45) is 0 Å². The average molecular weight is 348 g/mol. The van der Waals surface area contributed by atoms with Gasteiger partial charge in [0.2, 0.25) is 5.91 Å². The number of hydrogen-bond acceptors (Lipinski definition) is 1. The van der Waals surface area contributed by atoms with Gasteiger partial charge in [-0.2, -0.15) is 0 Å². The van der Waals surface area contributed by atoms with Gasteiger partial charge in [0.25, 0.3) is 0 Å². The Hall–Kier alpha value is -1.77. The van der Waals surface area contributed by atoms with Crippen LogP contribution in [0, 0.1) is 0 Å². The second-order valence-corrected chi connectivity index (χ2v) is 6.26. The Morgan fingerprint density at radius 3 is 2.48 bits per heavy atom. The highest BCUT2D eigenvalue weighted by Crippen LogP contribution is 2.22. The maximum atomic E-state index is 12.0. The van der Waals surface area contributed by atoms with Gasteiger partial charge in [0, 0.05) is 21.8 Å². The number of rotatable bonds is 5. The molecule has 0 heterocycles. The lowest BCUT2D eigenvalue weighted by Crippen LogP contribution is -2.07. The first-order valence-corrected chi connectivity index (χ1v) is 8.29. The summed E-state index contributed by atoms with van der Waals surface area (Å²) in [5.74, 6) is 0.319. The molecular weight excluding hydrogens is 329 g/mol. The minimum atomic E-state index is -0.202. The molecule has 0 saturated heterocycles. The van der Waals surface area contributed by atoms with Crippen molar-refractivity contribution in [3.8, 4) is 0 Å². The highest BCUT2D eigenvalue weighted by Gasteiger charge is 2.04.